The monoisotopic (exact) mass is 318 g/mol. The molecule has 0 atom stereocenters. The molecule has 0 spiro atoms. The van der Waals surface area contributed by atoms with Crippen LogP contribution in [0.15, 0.2) is 35.8 Å². The number of benzene rings is 1. The Hall–Kier alpha value is -1.92. The van der Waals surface area contributed by atoms with Gasteiger partial charge in [0.05, 0.1) is 0 Å². The average Bonchev–Trinajstić information content (AvgIpc) is 3.04. The molecule has 2 N–H and O–H groups in total. The summed E-state index contributed by atoms with van der Waals surface area (Å²) in [4.78, 5) is 18.2. The fourth-order valence-corrected chi connectivity index (χ4v) is 2.70. The fourth-order valence-electron chi connectivity index (χ4n) is 2.17. The van der Waals surface area contributed by atoms with Crippen molar-refractivity contribution in [1.82, 2.24) is 15.2 Å². The molecule has 0 radical (unpaired) electrons. The summed E-state index contributed by atoms with van der Waals surface area (Å²) in [6.45, 7) is 7.76. The van der Waals surface area contributed by atoms with E-state index in [9.17, 15) is 4.79 Å². The van der Waals surface area contributed by atoms with Gasteiger partial charge in [-0.1, -0.05) is 38.1 Å². The van der Waals surface area contributed by atoms with E-state index in [1.165, 1.54) is 16.9 Å². The lowest BCUT2D eigenvalue weighted by molar-refractivity contribution is 0.251. The second-order valence-corrected chi connectivity index (χ2v) is 5.77. The topological polar surface area (TPSA) is 57.3 Å². The summed E-state index contributed by atoms with van der Waals surface area (Å²) in [7, 11) is 0. The molecular weight excluding hydrogens is 296 g/mol. The molecule has 0 bridgehead atoms. The number of carbonyl (C=O) groups excluding carboxylic acids is 1. The van der Waals surface area contributed by atoms with Crippen LogP contribution in [0.4, 0.5) is 9.93 Å². The van der Waals surface area contributed by atoms with Crippen molar-refractivity contribution < 1.29 is 4.79 Å². The average molecular weight is 318 g/mol. The highest BCUT2D eigenvalue weighted by atomic mass is 32.1. The third-order valence-corrected chi connectivity index (χ3v) is 4.19. The summed E-state index contributed by atoms with van der Waals surface area (Å²) in [5.74, 6) is 0. The van der Waals surface area contributed by atoms with Gasteiger partial charge in [-0.15, -0.1) is 11.3 Å². The van der Waals surface area contributed by atoms with Gasteiger partial charge >= 0.3 is 6.03 Å². The molecule has 0 fully saturated rings. The van der Waals surface area contributed by atoms with Crippen LogP contribution in [0.25, 0.3) is 0 Å². The van der Waals surface area contributed by atoms with Crippen LogP contribution in [0.2, 0.25) is 0 Å². The molecule has 118 valence electrons. The molecule has 2 rings (SSSR count). The summed E-state index contributed by atoms with van der Waals surface area (Å²) < 4.78 is 0. The number of rotatable bonds is 7. The van der Waals surface area contributed by atoms with Gasteiger partial charge < -0.3 is 5.32 Å². The van der Waals surface area contributed by atoms with Gasteiger partial charge in [-0.25, -0.2) is 9.78 Å². The van der Waals surface area contributed by atoms with Crippen LogP contribution in [-0.4, -0.2) is 29.0 Å². The van der Waals surface area contributed by atoms with Crippen molar-refractivity contribution in [2.24, 2.45) is 0 Å². The van der Waals surface area contributed by atoms with Gasteiger partial charge in [0.1, 0.15) is 0 Å². The normalized spacial score (nSPS) is 10.7. The van der Waals surface area contributed by atoms with Gasteiger partial charge in [0, 0.05) is 24.7 Å². The number of aromatic nitrogens is 1. The number of anilines is 1. The van der Waals surface area contributed by atoms with E-state index in [0.29, 0.717) is 11.7 Å². The smallest absolute Gasteiger partial charge is 0.321 e. The van der Waals surface area contributed by atoms with E-state index < -0.39 is 0 Å². The van der Waals surface area contributed by atoms with Crippen molar-refractivity contribution in [3.63, 3.8) is 0 Å². The quantitative estimate of drug-likeness (QED) is 0.823. The Morgan fingerprint density at radius 2 is 1.95 bits per heavy atom. The Labute approximate surface area is 135 Å². The largest absolute Gasteiger partial charge is 0.334 e. The minimum absolute atomic E-state index is 0.229. The lowest BCUT2D eigenvalue weighted by Crippen LogP contribution is -2.29. The molecule has 0 aliphatic carbocycles. The van der Waals surface area contributed by atoms with Crippen LogP contribution in [0.1, 0.15) is 25.0 Å². The molecule has 0 unspecified atom stereocenters. The van der Waals surface area contributed by atoms with Crippen molar-refractivity contribution in [2.45, 2.75) is 26.9 Å². The lowest BCUT2D eigenvalue weighted by Gasteiger charge is -2.20. The lowest BCUT2D eigenvalue weighted by atomic mass is 10.1. The maximum atomic E-state index is 11.9. The highest BCUT2D eigenvalue weighted by Crippen LogP contribution is 2.12. The zero-order valence-electron chi connectivity index (χ0n) is 13.0. The van der Waals surface area contributed by atoms with Crippen molar-refractivity contribution in [3.05, 3.63) is 47.0 Å². The Balaban J connectivity index is 1.93. The number of hydrogen-bond acceptors (Lipinski definition) is 4. The summed E-state index contributed by atoms with van der Waals surface area (Å²) in [6.07, 6.45) is 1.67. The van der Waals surface area contributed by atoms with E-state index in [1.807, 2.05) is 17.5 Å². The van der Waals surface area contributed by atoms with Gasteiger partial charge in [0.2, 0.25) is 0 Å². The van der Waals surface area contributed by atoms with Crippen LogP contribution in [0.5, 0.6) is 0 Å². The molecule has 1 heterocycles. The fraction of sp³-hybridized carbons (Fsp3) is 0.375. The van der Waals surface area contributed by atoms with Crippen LogP contribution in [-0.2, 0) is 13.1 Å². The zero-order valence-corrected chi connectivity index (χ0v) is 13.8. The summed E-state index contributed by atoms with van der Waals surface area (Å²) in [5.41, 5.74) is 2.39. The van der Waals surface area contributed by atoms with Crippen molar-refractivity contribution in [3.8, 4) is 0 Å². The number of nitrogens with zero attached hydrogens (tertiary/aromatic N) is 2. The van der Waals surface area contributed by atoms with E-state index in [4.69, 9.17) is 0 Å². The zero-order chi connectivity index (χ0) is 15.8. The van der Waals surface area contributed by atoms with Gasteiger partial charge in [-0.05, 0) is 24.2 Å². The molecule has 0 saturated carbocycles. The van der Waals surface area contributed by atoms with Gasteiger partial charge in [0.15, 0.2) is 5.13 Å². The molecular formula is C16H22N4OS. The molecule has 1 aromatic heterocycles. The standard InChI is InChI=1S/C16H22N4OS/c1-3-20(4-2)12-14-8-6-5-7-13(14)11-18-15(21)19-16-17-9-10-22-16/h5-10H,3-4,11-12H2,1-2H3,(H2,17,18,19,21). The first-order valence-electron chi connectivity index (χ1n) is 7.46. The van der Waals surface area contributed by atoms with E-state index in [-0.39, 0.29) is 6.03 Å². The van der Waals surface area contributed by atoms with E-state index in [1.54, 1.807) is 6.20 Å². The Morgan fingerprint density at radius 3 is 2.59 bits per heavy atom. The van der Waals surface area contributed by atoms with E-state index >= 15 is 0 Å². The molecule has 22 heavy (non-hydrogen) atoms. The maximum absolute atomic E-state index is 11.9. The van der Waals surface area contributed by atoms with Gasteiger partial charge in [-0.3, -0.25) is 10.2 Å². The SMILES string of the molecule is CCN(CC)Cc1ccccc1CNC(=O)Nc1nccs1. The molecule has 0 aliphatic rings. The number of hydrogen-bond donors (Lipinski definition) is 2. The van der Waals surface area contributed by atoms with Crippen LogP contribution in [0, 0.1) is 0 Å². The number of amides is 2. The number of carbonyl (C=O) groups is 1. The number of nitrogens with one attached hydrogen (secondary N) is 2. The molecule has 2 amide bonds. The second-order valence-electron chi connectivity index (χ2n) is 4.88. The Bertz CT molecular complexity index is 582. The summed E-state index contributed by atoms with van der Waals surface area (Å²) >= 11 is 1.40. The number of thiazole rings is 1. The van der Waals surface area contributed by atoms with Crippen LogP contribution in [0.3, 0.4) is 0 Å². The van der Waals surface area contributed by atoms with Crippen molar-refractivity contribution in [2.75, 3.05) is 18.4 Å². The Morgan fingerprint density at radius 1 is 1.23 bits per heavy atom. The predicted molar refractivity (Wildman–Crippen MR) is 91.0 cm³/mol. The van der Waals surface area contributed by atoms with Crippen molar-refractivity contribution in [1.29, 1.82) is 0 Å². The van der Waals surface area contributed by atoms with Crippen molar-refractivity contribution >= 4 is 22.5 Å². The highest BCUT2D eigenvalue weighted by molar-refractivity contribution is 7.13. The minimum atomic E-state index is -0.229. The first kappa shape index (κ1) is 16.5. The number of urea groups is 1. The van der Waals surface area contributed by atoms with Gasteiger partial charge in [0.25, 0.3) is 0 Å². The Kier molecular flexibility index (Phi) is 6.36. The summed E-state index contributed by atoms with van der Waals surface area (Å²) in [6, 6.07) is 7.99. The summed E-state index contributed by atoms with van der Waals surface area (Å²) in [5, 5.41) is 8.04. The van der Waals surface area contributed by atoms with Crippen LogP contribution >= 0.6 is 11.3 Å². The third kappa shape index (κ3) is 4.82. The van der Waals surface area contributed by atoms with Crippen LogP contribution < -0.4 is 10.6 Å². The second kappa shape index (κ2) is 8.51. The minimum Gasteiger partial charge on any atom is -0.334 e. The molecule has 6 heteroatoms. The molecule has 2 aromatic rings. The highest BCUT2D eigenvalue weighted by Gasteiger charge is 2.08. The van der Waals surface area contributed by atoms with Gasteiger partial charge in [-0.2, -0.15) is 0 Å². The molecule has 5 nitrogen and oxygen atoms in total. The molecule has 0 aliphatic heterocycles. The molecule has 1 aromatic carbocycles. The molecule has 0 saturated heterocycles. The van der Waals surface area contributed by atoms with E-state index in [0.717, 1.165) is 25.2 Å². The first-order valence-corrected chi connectivity index (χ1v) is 8.34. The predicted octanol–water partition coefficient (Wildman–Crippen LogP) is 3.31. The third-order valence-electron chi connectivity index (χ3n) is 3.50. The van der Waals surface area contributed by atoms with E-state index in [2.05, 4.69) is 46.5 Å². The first-order chi connectivity index (χ1) is 10.7. The maximum Gasteiger partial charge on any atom is 0.321 e.